The average molecular weight is 407 g/mol. The molecule has 8 heteroatoms. The average Bonchev–Trinajstić information content (AvgIpc) is 3.01. The van der Waals surface area contributed by atoms with E-state index < -0.39 is 23.4 Å². The molecule has 0 saturated carbocycles. The van der Waals surface area contributed by atoms with E-state index >= 15 is 0 Å². The van der Waals surface area contributed by atoms with Gasteiger partial charge in [0.05, 0.1) is 10.5 Å². The molecule has 0 aliphatic carbocycles. The fourth-order valence-corrected chi connectivity index (χ4v) is 3.19. The molecule has 8 nitrogen and oxygen atoms in total. The number of nitro benzene ring substituents is 1. The number of carbonyl (C=O) groups excluding carboxylic acids is 2. The molecule has 0 spiro atoms. The molecule has 0 bridgehead atoms. The van der Waals surface area contributed by atoms with Crippen LogP contribution in [0.3, 0.4) is 0 Å². The number of nitrogens with one attached hydrogen (secondary N) is 1. The summed E-state index contributed by atoms with van der Waals surface area (Å²) in [5.41, 5.74) is 3.76. The molecule has 2 aromatic carbocycles. The number of rotatable bonds is 6. The highest BCUT2D eigenvalue weighted by molar-refractivity contribution is 5.97. The monoisotopic (exact) mass is 407 g/mol. The number of aryl methyl sites for hydroxylation is 2. The first-order chi connectivity index (χ1) is 14.3. The van der Waals surface area contributed by atoms with Gasteiger partial charge in [0, 0.05) is 23.1 Å². The lowest BCUT2D eigenvalue weighted by Gasteiger charge is -2.10. The zero-order chi connectivity index (χ0) is 21.8. The zero-order valence-electron chi connectivity index (χ0n) is 16.8. The van der Waals surface area contributed by atoms with Crippen LogP contribution >= 0.6 is 0 Å². The summed E-state index contributed by atoms with van der Waals surface area (Å²) in [7, 11) is 0. The smallest absolute Gasteiger partial charge is 0.340 e. The van der Waals surface area contributed by atoms with Crippen molar-refractivity contribution >= 4 is 23.3 Å². The van der Waals surface area contributed by atoms with Gasteiger partial charge in [0.15, 0.2) is 6.61 Å². The number of para-hydroxylation sites is 2. The lowest BCUT2D eigenvalue weighted by molar-refractivity contribution is -0.383. The lowest BCUT2D eigenvalue weighted by atomic mass is 10.2. The summed E-state index contributed by atoms with van der Waals surface area (Å²) in [6, 6.07) is 15.4. The highest BCUT2D eigenvalue weighted by Gasteiger charge is 2.20. The SMILES string of the molecule is Cc1ccc(-n2c(C)cc(C(=O)OCC(=O)Nc3ccccc3[N+](=O)[O-])c2C)cc1. The number of ether oxygens (including phenoxy) is 1. The van der Waals surface area contributed by atoms with Crippen molar-refractivity contribution < 1.29 is 19.2 Å². The molecule has 1 amide bonds. The summed E-state index contributed by atoms with van der Waals surface area (Å²) in [5, 5.41) is 13.4. The standard InChI is InChI=1S/C22H21N3O5/c1-14-8-10-17(11-9-14)24-15(2)12-18(16(24)3)22(27)30-13-21(26)23-19-6-4-5-7-20(19)25(28)29/h4-12H,13H2,1-3H3,(H,23,26). The number of hydrogen-bond donors (Lipinski definition) is 1. The van der Waals surface area contributed by atoms with Gasteiger partial charge in [-0.05, 0) is 45.0 Å². The third-order valence-electron chi connectivity index (χ3n) is 4.65. The number of nitrogens with zero attached hydrogens (tertiary/aromatic N) is 2. The normalized spacial score (nSPS) is 10.5. The summed E-state index contributed by atoms with van der Waals surface area (Å²) >= 11 is 0. The molecular formula is C22H21N3O5. The maximum Gasteiger partial charge on any atom is 0.340 e. The van der Waals surface area contributed by atoms with Crippen molar-refractivity contribution in [3.05, 3.63) is 87.2 Å². The summed E-state index contributed by atoms with van der Waals surface area (Å²) in [6.45, 7) is 5.12. The van der Waals surface area contributed by atoms with E-state index in [0.29, 0.717) is 11.3 Å². The molecule has 1 heterocycles. The second kappa shape index (κ2) is 8.60. The third kappa shape index (κ3) is 4.38. The number of esters is 1. The van der Waals surface area contributed by atoms with Crippen molar-refractivity contribution in [3.63, 3.8) is 0 Å². The van der Waals surface area contributed by atoms with Crippen molar-refractivity contribution in [1.82, 2.24) is 4.57 Å². The predicted molar refractivity (Wildman–Crippen MR) is 112 cm³/mol. The molecule has 3 rings (SSSR count). The molecule has 0 saturated heterocycles. The van der Waals surface area contributed by atoms with Crippen molar-refractivity contribution in [2.24, 2.45) is 0 Å². The highest BCUT2D eigenvalue weighted by Crippen LogP contribution is 2.24. The fraction of sp³-hybridized carbons (Fsp3) is 0.182. The summed E-state index contributed by atoms with van der Waals surface area (Å²) < 4.78 is 7.07. The Morgan fingerprint density at radius 2 is 1.73 bits per heavy atom. The Labute approximate surface area is 173 Å². The molecule has 0 aliphatic heterocycles. The van der Waals surface area contributed by atoms with E-state index in [4.69, 9.17) is 4.74 Å². The number of nitro groups is 1. The van der Waals surface area contributed by atoms with Crippen LogP contribution in [0.5, 0.6) is 0 Å². The minimum atomic E-state index is -0.662. The van der Waals surface area contributed by atoms with Crippen molar-refractivity contribution in [1.29, 1.82) is 0 Å². The molecule has 1 aromatic heterocycles. The van der Waals surface area contributed by atoms with Gasteiger partial charge in [-0.3, -0.25) is 14.9 Å². The van der Waals surface area contributed by atoms with E-state index in [0.717, 1.165) is 16.9 Å². The van der Waals surface area contributed by atoms with Gasteiger partial charge in [0.25, 0.3) is 11.6 Å². The molecule has 1 N–H and O–H groups in total. The molecule has 0 aliphatic rings. The highest BCUT2D eigenvalue weighted by atomic mass is 16.6. The Kier molecular flexibility index (Phi) is 5.96. The van der Waals surface area contributed by atoms with Gasteiger partial charge in [-0.15, -0.1) is 0 Å². The first-order valence-electron chi connectivity index (χ1n) is 9.24. The van der Waals surface area contributed by atoms with Gasteiger partial charge in [-0.1, -0.05) is 29.8 Å². The topological polar surface area (TPSA) is 103 Å². The number of aromatic nitrogens is 1. The van der Waals surface area contributed by atoms with Gasteiger partial charge in [-0.25, -0.2) is 4.79 Å². The molecule has 0 unspecified atom stereocenters. The van der Waals surface area contributed by atoms with E-state index in [1.54, 1.807) is 19.1 Å². The van der Waals surface area contributed by atoms with Gasteiger partial charge >= 0.3 is 5.97 Å². The van der Waals surface area contributed by atoms with Crippen molar-refractivity contribution in [3.8, 4) is 5.69 Å². The summed E-state index contributed by atoms with van der Waals surface area (Å²) in [4.78, 5) is 35.1. The van der Waals surface area contributed by atoms with Crippen LogP contribution in [0.1, 0.15) is 27.3 Å². The summed E-state index contributed by atoms with van der Waals surface area (Å²) in [6.07, 6.45) is 0. The van der Waals surface area contributed by atoms with Crippen LogP contribution in [0.15, 0.2) is 54.6 Å². The van der Waals surface area contributed by atoms with Gasteiger partial charge in [0.1, 0.15) is 5.69 Å². The van der Waals surface area contributed by atoms with Crippen LogP contribution < -0.4 is 5.32 Å². The number of anilines is 1. The number of carbonyl (C=O) groups is 2. The maximum atomic E-state index is 12.5. The maximum absolute atomic E-state index is 12.5. The van der Waals surface area contributed by atoms with Crippen LogP contribution in [0.2, 0.25) is 0 Å². The molecule has 30 heavy (non-hydrogen) atoms. The van der Waals surface area contributed by atoms with Crippen molar-refractivity contribution in [2.45, 2.75) is 20.8 Å². The fourth-order valence-electron chi connectivity index (χ4n) is 3.19. The van der Waals surface area contributed by atoms with E-state index in [1.165, 1.54) is 18.2 Å². The van der Waals surface area contributed by atoms with Crippen LogP contribution in [0, 0.1) is 30.9 Å². The number of hydrogen-bond acceptors (Lipinski definition) is 5. The van der Waals surface area contributed by atoms with E-state index in [9.17, 15) is 19.7 Å². The van der Waals surface area contributed by atoms with Crippen molar-refractivity contribution in [2.75, 3.05) is 11.9 Å². The minimum absolute atomic E-state index is 0.0427. The second-order valence-corrected chi connectivity index (χ2v) is 6.85. The Morgan fingerprint density at radius 1 is 1.07 bits per heavy atom. The Hall–Kier alpha value is -3.94. The third-order valence-corrected chi connectivity index (χ3v) is 4.65. The van der Waals surface area contributed by atoms with Crippen LogP contribution in [-0.2, 0) is 9.53 Å². The number of benzene rings is 2. The number of amides is 1. The molecule has 154 valence electrons. The van der Waals surface area contributed by atoms with Crippen LogP contribution in [0.25, 0.3) is 5.69 Å². The zero-order valence-corrected chi connectivity index (χ0v) is 16.8. The predicted octanol–water partition coefficient (Wildman–Crippen LogP) is 4.11. The van der Waals surface area contributed by atoms with E-state index in [1.807, 2.05) is 42.7 Å². The molecule has 3 aromatic rings. The van der Waals surface area contributed by atoms with Gasteiger partial charge in [-0.2, -0.15) is 0 Å². The second-order valence-electron chi connectivity index (χ2n) is 6.85. The van der Waals surface area contributed by atoms with Crippen LogP contribution in [0.4, 0.5) is 11.4 Å². The largest absolute Gasteiger partial charge is 0.452 e. The van der Waals surface area contributed by atoms with Gasteiger partial charge in [0.2, 0.25) is 0 Å². The van der Waals surface area contributed by atoms with E-state index in [2.05, 4.69) is 5.32 Å². The Morgan fingerprint density at radius 3 is 2.40 bits per heavy atom. The molecule has 0 radical (unpaired) electrons. The minimum Gasteiger partial charge on any atom is -0.452 e. The van der Waals surface area contributed by atoms with E-state index in [-0.39, 0.29) is 11.4 Å². The molecule has 0 fully saturated rings. The molecule has 0 atom stereocenters. The quantitative estimate of drug-likeness (QED) is 0.376. The van der Waals surface area contributed by atoms with Gasteiger partial charge < -0.3 is 14.6 Å². The Bertz CT molecular complexity index is 1120. The first-order valence-corrected chi connectivity index (χ1v) is 9.24. The Balaban J connectivity index is 1.70. The molecular weight excluding hydrogens is 386 g/mol. The lowest BCUT2D eigenvalue weighted by Crippen LogP contribution is -2.21. The van der Waals surface area contributed by atoms with Crippen LogP contribution in [-0.4, -0.2) is 28.0 Å². The summed E-state index contributed by atoms with van der Waals surface area (Å²) in [5.74, 6) is -1.30. The first kappa shape index (κ1) is 20.8.